The van der Waals surface area contributed by atoms with E-state index in [0.717, 1.165) is 16.7 Å². The van der Waals surface area contributed by atoms with Gasteiger partial charge < -0.3 is 10.6 Å². The highest BCUT2D eigenvalue weighted by Crippen LogP contribution is 2.30. The van der Waals surface area contributed by atoms with Crippen LogP contribution in [0.5, 0.6) is 0 Å². The highest BCUT2D eigenvalue weighted by Gasteiger charge is 2.38. The van der Waals surface area contributed by atoms with Gasteiger partial charge in [0.1, 0.15) is 5.54 Å². The number of rotatable bonds is 0. The number of nitrogens with zero attached hydrogens (tertiary/aromatic N) is 1. The topological polar surface area (TPSA) is 46.3 Å². The molecular formula is C12H16N2O. The quantitative estimate of drug-likeness (QED) is 0.689. The summed E-state index contributed by atoms with van der Waals surface area (Å²) in [5, 5.41) is 0. The third-order valence-corrected chi connectivity index (χ3v) is 3.02. The van der Waals surface area contributed by atoms with Crippen LogP contribution in [-0.4, -0.2) is 17.9 Å². The van der Waals surface area contributed by atoms with E-state index in [1.807, 2.05) is 13.0 Å². The molecule has 1 heterocycles. The predicted octanol–water partition coefficient (Wildman–Crippen LogP) is 1.14. The second-order valence-corrected chi connectivity index (χ2v) is 4.52. The zero-order valence-electron chi connectivity index (χ0n) is 9.37. The number of hydrogen-bond acceptors (Lipinski definition) is 2. The van der Waals surface area contributed by atoms with E-state index in [4.69, 9.17) is 5.73 Å². The lowest BCUT2D eigenvalue weighted by Gasteiger charge is -2.36. The van der Waals surface area contributed by atoms with Crippen LogP contribution >= 0.6 is 0 Å². The largest absolute Gasteiger partial charge is 0.340 e. The molecule has 1 amide bonds. The number of fused-ring (bicyclic) bond motifs is 1. The van der Waals surface area contributed by atoms with E-state index >= 15 is 0 Å². The maximum atomic E-state index is 11.9. The molecule has 0 saturated heterocycles. The minimum absolute atomic E-state index is 0.0133. The first-order valence-electron chi connectivity index (χ1n) is 5.07. The van der Waals surface area contributed by atoms with Gasteiger partial charge in [0.15, 0.2) is 0 Å². The third-order valence-electron chi connectivity index (χ3n) is 3.02. The predicted molar refractivity (Wildman–Crippen MR) is 59.2 cm³/mol. The number of nitrogens with two attached hydrogens (primary N) is 1. The lowest BCUT2D eigenvalue weighted by Crippen LogP contribution is -2.53. The van der Waals surface area contributed by atoms with Crippen LogP contribution in [0.2, 0.25) is 0 Å². The number of carbonyl (C=O) groups excluding carboxylic acids is 1. The van der Waals surface area contributed by atoms with Gasteiger partial charge in [0.05, 0.1) is 0 Å². The molecule has 3 nitrogen and oxygen atoms in total. The first kappa shape index (κ1) is 10.2. The van der Waals surface area contributed by atoms with Crippen molar-refractivity contribution in [2.24, 2.45) is 5.73 Å². The van der Waals surface area contributed by atoms with Gasteiger partial charge in [-0.25, -0.2) is 0 Å². The first-order valence-corrected chi connectivity index (χ1v) is 5.07. The van der Waals surface area contributed by atoms with Crippen molar-refractivity contribution >= 4 is 5.91 Å². The molecule has 1 atom stereocenters. The molecule has 0 spiro atoms. The summed E-state index contributed by atoms with van der Waals surface area (Å²) in [6.45, 7) is 4.45. The van der Waals surface area contributed by atoms with Crippen LogP contribution in [0.3, 0.4) is 0 Å². The zero-order valence-corrected chi connectivity index (χ0v) is 9.37. The molecule has 1 unspecified atom stereocenters. The Balaban J connectivity index is 2.62. The van der Waals surface area contributed by atoms with E-state index in [-0.39, 0.29) is 5.91 Å². The Kier molecular flexibility index (Phi) is 2.08. The maximum absolute atomic E-state index is 11.9. The van der Waals surface area contributed by atoms with Crippen LogP contribution in [0, 0.1) is 6.92 Å². The number of aryl methyl sites for hydroxylation is 1. The van der Waals surface area contributed by atoms with Crippen LogP contribution in [0.1, 0.15) is 23.6 Å². The van der Waals surface area contributed by atoms with Crippen LogP contribution < -0.4 is 5.73 Å². The van der Waals surface area contributed by atoms with Crippen molar-refractivity contribution in [3.8, 4) is 0 Å². The highest BCUT2D eigenvalue weighted by atomic mass is 16.2. The molecule has 1 aromatic carbocycles. The van der Waals surface area contributed by atoms with Crippen molar-refractivity contribution in [1.82, 2.24) is 4.90 Å². The van der Waals surface area contributed by atoms with Gasteiger partial charge in [-0.15, -0.1) is 0 Å². The van der Waals surface area contributed by atoms with Crippen LogP contribution in [0.4, 0.5) is 0 Å². The van der Waals surface area contributed by atoms with Crippen molar-refractivity contribution in [3.05, 3.63) is 34.9 Å². The van der Waals surface area contributed by atoms with Crippen LogP contribution in [0.15, 0.2) is 18.2 Å². The minimum atomic E-state index is -0.881. The first-order chi connectivity index (χ1) is 6.93. The summed E-state index contributed by atoms with van der Waals surface area (Å²) in [6.07, 6.45) is 0. The summed E-state index contributed by atoms with van der Waals surface area (Å²) >= 11 is 0. The molecule has 0 saturated carbocycles. The van der Waals surface area contributed by atoms with Gasteiger partial charge in [-0.3, -0.25) is 4.79 Å². The fourth-order valence-electron chi connectivity index (χ4n) is 2.15. The molecule has 1 aromatic rings. The summed E-state index contributed by atoms with van der Waals surface area (Å²) < 4.78 is 0. The van der Waals surface area contributed by atoms with Crippen LogP contribution in [0.25, 0.3) is 0 Å². The van der Waals surface area contributed by atoms with Crippen molar-refractivity contribution in [1.29, 1.82) is 0 Å². The molecule has 1 aliphatic heterocycles. The number of benzene rings is 1. The molecule has 0 aliphatic carbocycles. The molecule has 2 N–H and O–H groups in total. The van der Waals surface area contributed by atoms with Gasteiger partial charge in [0.2, 0.25) is 5.91 Å². The molecular weight excluding hydrogens is 188 g/mol. The Labute approximate surface area is 89.9 Å². The van der Waals surface area contributed by atoms with Gasteiger partial charge in [-0.2, -0.15) is 0 Å². The van der Waals surface area contributed by atoms with Gasteiger partial charge in [0, 0.05) is 13.6 Å². The van der Waals surface area contributed by atoms with Crippen LogP contribution in [-0.2, 0) is 16.9 Å². The number of likely N-dealkylation sites (N-methyl/N-ethyl adjacent to an activating group) is 1. The summed E-state index contributed by atoms with van der Waals surface area (Å²) in [5.41, 5.74) is 8.47. The zero-order chi connectivity index (χ0) is 11.2. The fourth-order valence-corrected chi connectivity index (χ4v) is 2.15. The Morgan fingerprint density at radius 1 is 1.47 bits per heavy atom. The van der Waals surface area contributed by atoms with E-state index in [1.54, 1.807) is 18.9 Å². The Hall–Kier alpha value is -1.35. The molecule has 0 radical (unpaired) electrons. The SMILES string of the molecule is Cc1ccc2c(c1)C(C)(N)C(=O)N(C)C2. The standard InChI is InChI=1S/C12H16N2O/c1-8-4-5-9-7-14(3)11(15)12(2,13)10(9)6-8/h4-6H,7,13H2,1-3H3. The minimum Gasteiger partial charge on any atom is -0.340 e. The van der Waals surface area contributed by atoms with Gasteiger partial charge in [-0.1, -0.05) is 23.8 Å². The number of hydrogen-bond donors (Lipinski definition) is 1. The molecule has 2 rings (SSSR count). The third kappa shape index (κ3) is 1.43. The summed E-state index contributed by atoms with van der Waals surface area (Å²) in [4.78, 5) is 13.6. The van der Waals surface area contributed by atoms with Gasteiger partial charge in [0.25, 0.3) is 0 Å². The number of carbonyl (C=O) groups is 1. The van der Waals surface area contributed by atoms with E-state index in [1.165, 1.54) is 0 Å². The molecule has 1 aliphatic rings. The van der Waals surface area contributed by atoms with E-state index in [2.05, 4.69) is 12.1 Å². The Morgan fingerprint density at radius 3 is 2.80 bits per heavy atom. The van der Waals surface area contributed by atoms with Crippen molar-refractivity contribution in [2.45, 2.75) is 25.9 Å². The summed E-state index contributed by atoms with van der Waals surface area (Å²) in [6, 6.07) is 6.12. The van der Waals surface area contributed by atoms with Crippen molar-refractivity contribution in [2.75, 3.05) is 7.05 Å². The van der Waals surface area contributed by atoms with Gasteiger partial charge in [-0.05, 0) is 25.0 Å². The molecule has 0 fully saturated rings. The van der Waals surface area contributed by atoms with E-state index in [9.17, 15) is 4.79 Å². The highest BCUT2D eigenvalue weighted by molar-refractivity contribution is 5.89. The molecule has 3 heteroatoms. The lowest BCUT2D eigenvalue weighted by molar-refractivity contribution is -0.137. The van der Waals surface area contributed by atoms with Crippen molar-refractivity contribution in [3.63, 3.8) is 0 Å². The Morgan fingerprint density at radius 2 is 2.13 bits per heavy atom. The second-order valence-electron chi connectivity index (χ2n) is 4.52. The summed E-state index contributed by atoms with van der Waals surface area (Å²) in [5.74, 6) is -0.0133. The smallest absolute Gasteiger partial charge is 0.247 e. The molecule has 0 aromatic heterocycles. The molecule has 0 bridgehead atoms. The molecule has 80 valence electrons. The second kappa shape index (κ2) is 3.07. The monoisotopic (exact) mass is 204 g/mol. The fraction of sp³-hybridized carbons (Fsp3) is 0.417. The maximum Gasteiger partial charge on any atom is 0.247 e. The number of amides is 1. The lowest BCUT2D eigenvalue weighted by atomic mass is 9.83. The van der Waals surface area contributed by atoms with Crippen molar-refractivity contribution < 1.29 is 4.79 Å². The van der Waals surface area contributed by atoms with E-state index in [0.29, 0.717) is 6.54 Å². The van der Waals surface area contributed by atoms with E-state index < -0.39 is 5.54 Å². The average Bonchev–Trinajstić information content (AvgIpc) is 2.17. The average molecular weight is 204 g/mol. The van der Waals surface area contributed by atoms with Gasteiger partial charge >= 0.3 is 0 Å². The Bertz CT molecular complexity index is 424. The normalized spacial score (nSPS) is 25.3. The summed E-state index contributed by atoms with van der Waals surface area (Å²) in [7, 11) is 1.79. The molecule has 15 heavy (non-hydrogen) atoms.